The van der Waals surface area contributed by atoms with Gasteiger partial charge < -0.3 is 32.2 Å². The molecule has 0 atom stereocenters. The van der Waals surface area contributed by atoms with Crippen molar-refractivity contribution in [3.05, 3.63) is 0 Å². The van der Waals surface area contributed by atoms with E-state index >= 15 is 0 Å². The minimum atomic E-state index is -1.33. The zero-order chi connectivity index (χ0) is 12.1. The molecule has 0 spiro atoms. The molecule has 0 aliphatic heterocycles. The van der Waals surface area contributed by atoms with Gasteiger partial charge in [0.15, 0.2) is 0 Å². The molecule has 0 bridgehead atoms. The van der Waals surface area contributed by atoms with Crippen LogP contribution in [0.2, 0.25) is 0 Å². The highest BCUT2D eigenvalue weighted by Gasteiger charge is 1.82. The highest BCUT2D eigenvalue weighted by atomic mass is 16.5. The number of amides is 3. The molecule has 0 aromatic rings. The first kappa shape index (κ1) is 17.8. The van der Waals surface area contributed by atoms with Crippen molar-refractivity contribution in [1.82, 2.24) is 0 Å². The molecule has 0 aliphatic rings. The summed E-state index contributed by atoms with van der Waals surface area (Å²) in [5.41, 5.74) is 12.6. The van der Waals surface area contributed by atoms with Crippen LogP contribution in [0.1, 0.15) is 6.92 Å². The molecule has 0 aliphatic carbocycles. The Bertz CT molecular complexity index is 162. The normalized spacial score (nSPS) is 6.64. The molecule has 8 N–H and O–H groups in total. The molecule has 0 rings (SSSR count). The first-order valence-corrected chi connectivity index (χ1v) is 3.13. The summed E-state index contributed by atoms with van der Waals surface area (Å²) >= 11 is 0. The van der Waals surface area contributed by atoms with Crippen molar-refractivity contribution in [2.45, 2.75) is 6.92 Å². The number of carbonyl (C=O) groups is 3. The van der Waals surface area contributed by atoms with Gasteiger partial charge in [-0.05, 0) is 6.92 Å². The van der Waals surface area contributed by atoms with Crippen molar-refractivity contribution in [2.75, 3.05) is 6.61 Å². The summed E-state index contributed by atoms with van der Waals surface area (Å²) in [6, 6.07) is 0. The summed E-state index contributed by atoms with van der Waals surface area (Å²) < 4.78 is 4.18. The van der Waals surface area contributed by atoms with Gasteiger partial charge in [-0.3, -0.25) is 0 Å². The third kappa shape index (κ3) is 1160. The number of nitrogens with two attached hydrogens (primary N) is 3. The van der Waals surface area contributed by atoms with Gasteiger partial charge in [0.25, 0.3) is 0 Å². The Kier molecular flexibility index (Phi) is 17.0. The van der Waals surface area contributed by atoms with E-state index in [4.69, 9.17) is 19.8 Å². The number of hydrogen-bond acceptors (Lipinski definition) is 4. The van der Waals surface area contributed by atoms with Crippen molar-refractivity contribution >= 4 is 18.3 Å². The molecule has 0 aromatic carbocycles. The lowest BCUT2D eigenvalue weighted by Crippen LogP contribution is -2.11. The van der Waals surface area contributed by atoms with Crippen LogP contribution in [0.15, 0.2) is 0 Å². The van der Waals surface area contributed by atoms with Crippen LogP contribution < -0.4 is 17.2 Å². The van der Waals surface area contributed by atoms with Crippen LogP contribution in [0.25, 0.3) is 0 Å². The Balaban J connectivity index is -0.000000135. The summed E-state index contributed by atoms with van der Waals surface area (Å²) in [6.07, 6.45) is -3.38. The lowest BCUT2D eigenvalue weighted by Gasteiger charge is -1.89. The highest BCUT2D eigenvalue weighted by molar-refractivity contribution is 5.64. The molecule has 0 aromatic heterocycles. The Hall–Kier alpha value is -2.19. The van der Waals surface area contributed by atoms with Crippen LogP contribution in [0.3, 0.4) is 0 Å². The number of carboxylic acid groups (broad SMARTS) is 2. The van der Waals surface area contributed by atoms with Crippen molar-refractivity contribution in [1.29, 1.82) is 0 Å². The topological polar surface area (TPSA) is 179 Å². The monoisotopic (exact) mass is 211 g/mol. The zero-order valence-corrected chi connectivity index (χ0v) is 7.47. The van der Waals surface area contributed by atoms with E-state index in [0.29, 0.717) is 6.61 Å². The van der Waals surface area contributed by atoms with Crippen molar-refractivity contribution in [3.8, 4) is 0 Å². The van der Waals surface area contributed by atoms with Crippen molar-refractivity contribution in [2.24, 2.45) is 17.2 Å². The fraction of sp³-hybridized carbons (Fsp3) is 0.400. The number of rotatable bonds is 1. The standard InChI is InChI=1S/C3H7NO2.2CH3NO2/c1-2-6-3(4)5;2*2-1(3)4/h2H2,1H3,(H2,4,5);2*2H2,(H,3,4). The molecule has 0 heterocycles. The van der Waals surface area contributed by atoms with Gasteiger partial charge >= 0.3 is 18.3 Å². The summed E-state index contributed by atoms with van der Waals surface area (Å²) in [5.74, 6) is 0. The van der Waals surface area contributed by atoms with E-state index in [1.165, 1.54) is 0 Å². The van der Waals surface area contributed by atoms with Crippen LogP contribution in [0, 0.1) is 0 Å². The second-order valence-electron chi connectivity index (χ2n) is 1.43. The smallest absolute Gasteiger partial charge is 0.404 e. The molecule has 0 saturated heterocycles. The predicted molar refractivity (Wildman–Crippen MR) is 45.6 cm³/mol. The molecule has 9 nitrogen and oxygen atoms in total. The highest BCUT2D eigenvalue weighted by Crippen LogP contribution is 1.66. The second-order valence-corrected chi connectivity index (χ2v) is 1.43. The van der Waals surface area contributed by atoms with Crippen LogP contribution in [-0.4, -0.2) is 35.1 Å². The van der Waals surface area contributed by atoms with Crippen molar-refractivity contribution < 1.29 is 29.3 Å². The minimum absolute atomic E-state index is 0.356. The molecule has 0 fully saturated rings. The maximum Gasteiger partial charge on any atom is 0.404 e. The van der Waals surface area contributed by atoms with Gasteiger partial charge in [-0.1, -0.05) is 0 Å². The summed E-state index contributed by atoms with van der Waals surface area (Å²) in [5, 5.41) is 14.4. The molecular formula is C5H13N3O6. The zero-order valence-electron chi connectivity index (χ0n) is 7.47. The number of primary amides is 3. The third-order valence-corrected chi connectivity index (χ3v) is 0.287. The van der Waals surface area contributed by atoms with Crippen LogP contribution in [0.5, 0.6) is 0 Å². The first-order chi connectivity index (χ1) is 6.23. The van der Waals surface area contributed by atoms with Gasteiger partial charge in [0.2, 0.25) is 0 Å². The van der Waals surface area contributed by atoms with E-state index in [2.05, 4.69) is 21.9 Å². The van der Waals surface area contributed by atoms with Crippen LogP contribution in [0.4, 0.5) is 14.4 Å². The minimum Gasteiger partial charge on any atom is -0.465 e. The van der Waals surface area contributed by atoms with Crippen molar-refractivity contribution in [3.63, 3.8) is 0 Å². The van der Waals surface area contributed by atoms with Gasteiger partial charge in [-0.15, -0.1) is 0 Å². The Morgan fingerprint density at radius 2 is 1.29 bits per heavy atom. The molecular weight excluding hydrogens is 198 g/mol. The van der Waals surface area contributed by atoms with E-state index < -0.39 is 18.3 Å². The molecule has 84 valence electrons. The van der Waals surface area contributed by atoms with E-state index in [9.17, 15) is 4.79 Å². The lowest BCUT2D eigenvalue weighted by molar-refractivity contribution is 0.163. The van der Waals surface area contributed by atoms with Crippen LogP contribution >= 0.6 is 0 Å². The molecule has 14 heavy (non-hydrogen) atoms. The largest absolute Gasteiger partial charge is 0.465 e. The number of carbonyl (C=O) groups excluding carboxylic acids is 1. The first-order valence-electron chi connectivity index (χ1n) is 3.13. The Labute approximate surface area is 79.4 Å². The summed E-state index contributed by atoms with van der Waals surface area (Å²) in [6.45, 7) is 2.06. The molecule has 0 radical (unpaired) electrons. The quantitative estimate of drug-likeness (QED) is 0.384. The molecule has 3 amide bonds. The van der Waals surface area contributed by atoms with E-state index in [1.807, 2.05) is 0 Å². The second kappa shape index (κ2) is 13.4. The summed E-state index contributed by atoms with van der Waals surface area (Å²) in [7, 11) is 0. The average Bonchev–Trinajstić information content (AvgIpc) is 1.82. The summed E-state index contributed by atoms with van der Waals surface area (Å²) in [4.78, 5) is 27.2. The van der Waals surface area contributed by atoms with Gasteiger partial charge in [0.05, 0.1) is 6.61 Å². The maximum absolute atomic E-state index is 9.60. The van der Waals surface area contributed by atoms with E-state index in [0.717, 1.165) is 0 Å². The Morgan fingerprint density at radius 1 is 1.07 bits per heavy atom. The fourth-order valence-electron chi connectivity index (χ4n) is 0.142. The fourth-order valence-corrected chi connectivity index (χ4v) is 0.142. The third-order valence-electron chi connectivity index (χ3n) is 0.287. The van der Waals surface area contributed by atoms with Crippen LogP contribution in [-0.2, 0) is 4.74 Å². The average molecular weight is 211 g/mol. The maximum atomic E-state index is 9.60. The SMILES string of the molecule is CCOC(N)=O.NC(=O)O.NC(=O)O. The van der Waals surface area contributed by atoms with E-state index in [-0.39, 0.29) is 0 Å². The van der Waals surface area contributed by atoms with Gasteiger partial charge in [0.1, 0.15) is 0 Å². The lowest BCUT2D eigenvalue weighted by atomic mass is 10.9. The number of hydrogen-bond donors (Lipinski definition) is 5. The molecule has 0 unspecified atom stereocenters. The molecule has 9 heteroatoms. The van der Waals surface area contributed by atoms with Gasteiger partial charge in [-0.2, -0.15) is 0 Å². The Morgan fingerprint density at radius 3 is 1.29 bits per heavy atom. The van der Waals surface area contributed by atoms with Gasteiger partial charge in [0, 0.05) is 0 Å². The predicted octanol–water partition coefficient (Wildman–Crippen LogP) is -0.652. The van der Waals surface area contributed by atoms with Gasteiger partial charge in [-0.25, -0.2) is 14.4 Å². The molecule has 0 saturated carbocycles. The van der Waals surface area contributed by atoms with E-state index in [1.54, 1.807) is 6.92 Å². The number of ether oxygens (including phenoxy) is 1.